The molecule has 148 valence electrons. The van der Waals surface area contributed by atoms with Gasteiger partial charge in [0.25, 0.3) is 0 Å². The number of ether oxygens (including phenoxy) is 1. The number of hydrogen-bond acceptors (Lipinski definition) is 5. The van der Waals surface area contributed by atoms with Gasteiger partial charge in [0.1, 0.15) is 0 Å². The second kappa shape index (κ2) is 9.82. The van der Waals surface area contributed by atoms with Gasteiger partial charge in [-0.15, -0.1) is 0 Å². The van der Waals surface area contributed by atoms with Gasteiger partial charge < -0.3 is 15.0 Å². The highest BCUT2D eigenvalue weighted by Gasteiger charge is 2.24. The number of aryl methyl sites for hydroxylation is 1. The Bertz CT molecular complexity index is 638. The Morgan fingerprint density at radius 2 is 1.63 bits per heavy atom. The number of para-hydroxylation sites is 1. The first-order valence-corrected chi connectivity index (χ1v) is 9.83. The van der Waals surface area contributed by atoms with Crippen LogP contribution in [0.4, 0.5) is 5.69 Å². The molecule has 7 nitrogen and oxygen atoms in total. The second-order valence-corrected chi connectivity index (χ2v) is 7.10. The van der Waals surface area contributed by atoms with Gasteiger partial charge in [-0.25, -0.2) is 0 Å². The SMILES string of the molecule is CCc1ccccc1NC(=O)CN1CCN(C(=O)CN2CCOCC2)CC1. The van der Waals surface area contributed by atoms with Gasteiger partial charge in [0.2, 0.25) is 11.8 Å². The average molecular weight is 374 g/mol. The molecule has 1 aromatic rings. The lowest BCUT2D eigenvalue weighted by Crippen LogP contribution is -2.53. The van der Waals surface area contributed by atoms with E-state index in [0.717, 1.165) is 43.9 Å². The van der Waals surface area contributed by atoms with Crippen molar-refractivity contribution in [1.29, 1.82) is 0 Å². The molecule has 27 heavy (non-hydrogen) atoms. The van der Waals surface area contributed by atoms with E-state index in [1.54, 1.807) is 0 Å². The predicted octanol–water partition coefficient (Wildman–Crippen LogP) is 0.664. The number of amides is 2. The minimum Gasteiger partial charge on any atom is -0.379 e. The first-order valence-electron chi connectivity index (χ1n) is 9.83. The maximum atomic E-state index is 12.5. The van der Waals surface area contributed by atoms with E-state index in [4.69, 9.17) is 4.74 Å². The Hall–Kier alpha value is -1.96. The zero-order valence-corrected chi connectivity index (χ0v) is 16.2. The fourth-order valence-corrected chi connectivity index (χ4v) is 3.55. The van der Waals surface area contributed by atoms with E-state index in [2.05, 4.69) is 22.0 Å². The molecule has 2 aliphatic heterocycles. The lowest BCUT2D eigenvalue weighted by atomic mass is 10.1. The van der Waals surface area contributed by atoms with E-state index in [9.17, 15) is 9.59 Å². The van der Waals surface area contributed by atoms with Gasteiger partial charge >= 0.3 is 0 Å². The predicted molar refractivity (Wildman–Crippen MR) is 105 cm³/mol. The number of nitrogens with one attached hydrogen (secondary N) is 1. The smallest absolute Gasteiger partial charge is 0.238 e. The molecular formula is C20H30N4O3. The zero-order valence-electron chi connectivity index (χ0n) is 16.2. The number of hydrogen-bond donors (Lipinski definition) is 1. The summed E-state index contributed by atoms with van der Waals surface area (Å²) in [5.41, 5.74) is 2.04. The van der Waals surface area contributed by atoms with Crippen LogP contribution in [-0.2, 0) is 20.7 Å². The van der Waals surface area contributed by atoms with Crippen molar-refractivity contribution in [2.75, 3.05) is 70.9 Å². The van der Waals surface area contributed by atoms with Crippen LogP contribution in [0.2, 0.25) is 0 Å². The van der Waals surface area contributed by atoms with Gasteiger partial charge in [0, 0.05) is 45.0 Å². The van der Waals surface area contributed by atoms with E-state index in [0.29, 0.717) is 39.4 Å². The number of nitrogens with zero attached hydrogens (tertiary/aromatic N) is 3. The molecule has 2 heterocycles. The van der Waals surface area contributed by atoms with Gasteiger partial charge in [-0.05, 0) is 18.1 Å². The number of carbonyl (C=O) groups excluding carboxylic acids is 2. The van der Waals surface area contributed by atoms with Crippen molar-refractivity contribution < 1.29 is 14.3 Å². The number of morpholine rings is 1. The molecule has 1 aromatic carbocycles. The van der Waals surface area contributed by atoms with Crippen molar-refractivity contribution in [2.45, 2.75) is 13.3 Å². The Kier molecular flexibility index (Phi) is 7.20. The summed E-state index contributed by atoms with van der Waals surface area (Å²) in [5, 5.41) is 3.02. The van der Waals surface area contributed by atoms with Gasteiger partial charge in [0.15, 0.2) is 0 Å². The maximum Gasteiger partial charge on any atom is 0.238 e. The summed E-state index contributed by atoms with van der Waals surface area (Å²) in [6, 6.07) is 7.91. The van der Waals surface area contributed by atoms with E-state index in [-0.39, 0.29) is 11.8 Å². The highest BCUT2D eigenvalue weighted by atomic mass is 16.5. The molecule has 1 N–H and O–H groups in total. The highest BCUT2D eigenvalue weighted by Crippen LogP contribution is 2.15. The standard InChI is InChI=1S/C20H30N4O3/c1-2-17-5-3-4-6-18(17)21-19(25)15-22-7-9-24(10-8-22)20(26)16-23-11-13-27-14-12-23/h3-6H,2,7-16H2,1H3,(H,21,25). The largest absolute Gasteiger partial charge is 0.379 e. The fraction of sp³-hybridized carbons (Fsp3) is 0.600. The average Bonchev–Trinajstić information content (AvgIpc) is 2.69. The molecule has 0 spiro atoms. The van der Waals surface area contributed by atoms with E-state index < -0.39 is 0 Å². The summed E-state index contributed by atoms with van der Waals surface area (Å²) >= 11 is 0. The Labute approximate surface area is 161 Å². The molecule has 0 radical (unpaired) electrons. The first kappa shape index (κ1) is 19.8. The lowest BCUT2D eigenvalue weighted by molar-refractivity contribution is -0.135. The molecule has 3 rings (SSSR count). The molecule has 2 fully saturated rings. The van der Waals surface area contributed by atoms with Crippen molar-refractivity contribution in [2.24, 2.45) is 0 Å². The number of carbonyl (C=O) groups is 2. The van der Waals surface area contributed by atoms with Crippen LogP contribution in [0.3, 0.4) is 0 Å². The van der Waals surface area contributed by atoms with Gasteiger partial charge in [-0.2, -0.15) is 0 Å². The van der Waals surface area contributed by atoms with Gasteiger partial charge in [-0.3, -0.25) is 19.4 Å². The summed E-state index contributed by atoms with van der Waals surface area (Å²) < 4.78 is 5.32. The number of benzene rings is 1. The Balaban J connectivity index is 1.41. The third-order valence-electron chi connectivity index (χ3n) is 5.23. The molecule has 0 atom stereocenters. The van der Waals surface area contributed by atoms with Crippen LogP contribution < -0.4 is 5.32 Å². The summed E-state index contributed by atoms with van der Waals surface area (Å²) in [4.78, 5) is 31.0. The van der Waals surface area contributed by atoms with Crippen LogP contribution in [0.15, 0.2) is 24.3 Å². The second-order valence-electron chi connectivity index (χ2n) is 7.10. The van der Waals surface area contributed by atoms with Crippen molar-refractivity contribution in [3.8, 4) is 0 Å². The van der Waals surface area contributed by atoms with Crippen LogP contribution in [-0.4, -0.2) is 92.1 Å². The summed E-state index contributed by atoms with van der Waals surface area (Å²) in [6.07, 6.45) is 0.889. The van der Waals surface area contributed by atoms with Crippen LogP contribution in [0.5, 0.6) is 0 Å². The third-order valence-corrected chi connectivity index (χ3v) is 5.23. The highest BCUT2D eigenvalue weighted by molar-refractivity contribution is 5.93. The summed E-state index contributed by atoms with van der Waals surface area (Å²) in [5.74, 6) is 0.182. The fourth-order valence-electron chi connectivity index (χ4n) is 3.55. The van der Waals surface area contributed by atoms with Crippen LogP contribution >= 0.6 is 0 Å². The van der Waals surface area contributed by atoms with Gasteiger partial charge in [0.05, 0.1) is 26.3 Å². The van der Waals surface area contributed by atoms with E-state index >= 15 is 0 Å². The monoisotopic (exact) mass is 374 g/mol. The summed E-state index contributed by atoms with van der Waals surface area (Å²) in [6.45, 7) is 8.81. The Morgan fingerprint density at radius 3 is 2.33 bits per heavy atom. The van der Waals surface area contributed by atoms with Gasteiger partial charge in [-0.1, -0.05) is 25.1 Å². The van der Waals surface area contributed by atoms with Crippen molar-refractivity contribution in [1.82, 2.24) is 14.7 Å². The molecule has 0 bridgehead atoms. The molecule has 0 saturated carbocycles. The van der Waals surface area contributed by atoms with Crippen LogP contribution in [0, 0.1) is 0 Å². The minimum absolute atomic E-state index is 0.00370. The van der Waals surface area contributed by atoms with Crippen LogP contribution in [0.25, 0.3) is 0 Å². The lowest BCUT2D eigenvalue weighted by Gasteiger charge is -2.36. The molecule has 2 aliphatic rings. The van der Waals surface area contributed by atoms with E-state index in [1.165, 1.54) is 0 Å². The van der Waals surface area contributed by atoms with E-state index in [1.807, 2.05) is 29.2 Å². The molecule has 0 aromatic heterocycles. The quantitative estimate of drug-likeness (QED) is 0.793. The number of anilines is 1. The van der Waals surface area contributed by atoms with Crippen molar-refractivity contribution in [3.63, 3.8) is 0 Å². The molecule has 0 unspecified atom stereocenters. The van der Waals surface area contributed by atoms with Crippen LogP contribution in [0.1, 0.15) is 12.5 Å². The molecule has 2 saturated heterocycles. The molecule has 7 heteroatoms. The maximum absolute atomic E-state index is 12.5. The first-order chi connectivity index (χ1) is 13.2. The molecule has 0 aliphatic carbocycles. The Morgan fingerprint density at radius 1 is 0.963 bits per heavy atom. The topological polar surface area (TPSA) is 65.1 Å². The van der Waals surface area contributed by atoms with Crippen molar-refractivity contribution >= 4 is 17.5 Å². The minimum atomic E-state index is 0.00370. The zero-order chi connectivity index (χ0) is 19.1. The number of rotatable bonds is 6. The van der Waals surface area contributed by atoms with Crippen molar-refractivity contribution in [3.05, 3.63) is 29.8 Å². The third kappa shape index (κ3) is 5.76. The summed E-state index contributed by atoms with van der Waals surface area (Å²) in [7, 11) is 0. The molecular weight excluding hydrogens is 344 g/mol. The number of piperazine rings is 1. The normalized spacial score (nSPS) is 19.1. The molecule has 2 amide bonds.